The van der Waals surface area contributed by atoms with E-state index in [0.717, 1.165) is 5.56 Å². The van der Waals surface area contributed by atoms with E-state index in [1.54, 1.807) is 7.11 Å². The van der Waals surface area contributed by atoms with Crippen LogP contribution in [0.4, 0.5) is 14.5 Å². The number of methoxy groups -OCH3 is 1. The summed E-state index contributed by atoms with van der Waals surface area (Å²) in [5.74, 6) is -1.23. The molecule has 0 aromatic heterocycles. The van der Waals surface area contributed by atoms with E-state index >= 15 is 0 Å². The van der Waals surface area contributed by atoms with Gasteiger partial charge in [0.25, 0.3) is 0 Å². The molecular formula is C15H15F2NO. The Bertz CT molecular complexity index is 511. The Morgan fingerprint density at radius 3 is 2.21 bits per heavy atom. The van der Waals surface area contributed by atoms with Crippen molar-refractivity contribution < 1.29 is 13.5 Å². The van der Waals surface area contributed by atoms with Crippen molar-refractivity contribution in [1.82, 2.24) is 0 Å². The molecule has 0 spiro atoms. The first-order valence-corrected chi connectivity index (χ1v) is 5.97. The molecule has 0 aliphatic carbocycles. The largest absolute Gasteiger partial charge is 0.382 e. The number of anilines is 1. The van der Waals surface area contributed by atoms with Crippen LogP contribution in [0.15, 0.2) is 48.5 Å². The second-order valence-electron chi connectivity index (χ2n) is 4.16. The molecule has 2 nitrogen and oxygen atoms in total. The zero-order valence-electron chi connectivity index (χ0n) is 10.6. The highest BCUT2D eigenvalue weighted by Gasteiger charge is 2.15. The van der Waals surface area contributed by atoms with Crippen LogP contribution in [0.2, 0.25) is 0 Å². The van der Waals surface area contributed by atoms with Crippen LogP contribution in [-0.2, 0) is 4.74 Å². The highest BCUT2D eigenvalue weighted by atomic mass is 19.1. The van der Waals surface area contributed by atoms with Gasteiger partial charge in [0.15, 0.2) is 0 Å². The predicted molar refractivity (Wildman–Crippen MR) is 71.0 cm³/mol. The molecule has 0 fully saturated rings. The number of benzene rings is 2. The second kappa shape index (κ2) is 6.29. The summed E-state index contributed by atoms with van der Waals surface area (Å²) in [7, 11) is 1.55. The Kier molecular flexibility index (Phi) is 4.47. The molecule has 0 saturated heterocycles. The van der Waals surface area contributed by atoms with Crippen molar-refractivity contribution >= 4 is 5.69 Å². The Morgan fingerprint density at radius 1 is 1.00 bits per heavy atom. The Labute approximate surface area is 111 Å². The standard InChI is InChI=1S/C15H15F2NO/c1-19-10-14(11-6-3-2-4-7-11)18-15-12(16)8-5-9-13(15)17/h2-9,14,18H,10H2,1H3. The minimum Gasteiger partial charge on any atom is -0.382 e. The molecule has 1 atom stereocenters. The predicted octanol–water partition coefficient (Wildman–Crippen LogP) is 3.76. The molecule has 1 unspecified atom stereocenters. The van der Waals surface area contributed by atoms with Crippen molar-refractivity contribution in [3.05, 3.63) is 65.7 Å². The van der Waals surface area contributed by atoms with Gasteiger partial charge in [0.05, 0.1) is 12.6 Å². The number of hydrogen-bond donors (Lipinski definition) is 1. The van der Waals surface area contributed by atoms with Crippen molar-refractivity contribution in [2.45, 2.75) is 6.04 Å². The lowest BCUT2D eigenvalue weighted by Gasteiger charge is -2.20. The highest BCUT2D eigenvalue weighted by Crippen LogP contribution is 2.24. The molecule has 0 aliphatic heterocycles. The zero-order valence-corrected chi connectivity index (χ0v) is 10.6. The smallest absolute Gasteiger partial charge is 0.149 e. The summed E-state index contributed by atoms with van der Waals surface area (Å²) in [4.78, 5) is 0. The van der Waals surface area contributed by atoms with E-state index in [-0.39, 0.29) is 11.7 Å². The molecule has 0 radical (unpaired) electrons. The normalized spacial score (nSPS) is 12.2. The van der Waals surface area contributed by atoms with Crippen LogP contribution < -0.4 is 5.32 Å². The van der Waals surface area contributed by atoms with Gasteiger partial charge in [0, 0.05) is 7.11 Å². The summed E-state index contributed by atoms with van der Waals surface area (Å²) in [6.07, 6.45) is 0. The van der Waals surface area contributed by atoms with E-state index in [2.05, 4.69) is 5.32 Å². The second-order valence-corrected chi connectivity index (χ2v) is 4.16. The first kappa shape index (κ1) is 13.5. The Morgan fingerprint density at radius 2 is 1.63 bits per heavy atom. The van der Waals surface area contributed by atoms with Crippen LogP contribution in [0.25, 0.3) is 0 Å². The third-order valence-corrected chi connectivity index (χ3v) is 2.82. The van der Waals surface area contributed by atoms with Gasteiger partial charge >= 0.3 is 0 Å². The maximum atomic E-state index is 13.6. The molecule has 1 N–H and O–H groups in total. The third-order valence-electron chi connectivity index (χ3n) is 2.82. The van der Waals surface area contributed by atoms with Gasteiger partial charge in [-0.05, 0) is 17.7 Å². The van der Waals surface area contributed by atoms with Crippen molar-refractivity contribution in [2.75, 3.05) is 19.0 Å². The average molecular weight is 263 g/mol. The number of halogens is 2. The van der Waals surface area contributed by atoms with Crippen molar-refractivity contribution in [3.63, 3.8) is 0 Å². The van der Waals surface area contributed by atoms with Crippen LogP contribution in [0.5, 0.6) is 0 Å². The molecule has 0 bridgehead atoms. The van der Waals surface area contributed by atoms with Crippen LogP contribution in [-0.4, -0.2) is 13.7 Å². The van der Waals surface area contributed by atoms with Gasteiger partial charge in [-0.2, -0.15) is 0 Å². The Hall–Kier alpha value is -1.94. The summed E-state index contributed by atoms with van der Waals surface area (Å²) in [6, 6.07) is 12.9. The molecule has 0 amide bonds. The summed E-state index contributed by atoms with van der Waals surface area (Å²) in [6.45, 7) is 0.317. The van der Waals surface area contributed by atoms with Gasteiger partial charge in [-0.3, -0.25) is 0 Å². The number of rotatable bonds is 5. The first-order chi connectivity index (χ1) is 9.22. The summed E-state index contributed by atoms with van der Waals surface area (Å²) in [5, 5.41) is 2.86. The molecule has 0 aliphatic rings. The minimum absolute atomic E-state index is 0.131. The van der Waals surface area contributed by atoms with Crippen molar-refractivity contribution in [1.29, 1.82) is 0 Å². The molecule has 4 heteroatoms. The SMILES string of the molecule is COCC(Nc1c(F)cccc1F)c1ccccc1. The number of hydrogen-bond acceptors (Lipinski definition) is 2. The lowest BCUT2D eigenvalue weighted by Crippen LogP contribution is -2.17. The van der Waals surface area contributed by atoms with Gasteiger partial charge in [0.2, 0.25) is 0 Å². The van der Waals surface area contributed by atoms with Gasteiger partial charge in [-0.15, -0.1) is 0 Å². The van der Waals surface area contributed by atoms with E-state index in [1.807, 2.05) is 30.3 Å². The Balaban J connectivity index is 2.27. The number of nitrogens with one attached hydrogen (secondary N) is 1. The van der Waals surface area contributed by atoms with E-state index in [1.165, 1.54) is 18.2 Å². The van der Waals surface area contributed by atoms with Gasteiger partial charge in [0.1, 0.15) is 17.3 Å². The van der Waals surface area contributed by atoms with Gasteiger partial charge in [-0.25, -0.2) is 8.78 Å². The van der Waals surface area contributed by atoms with E-state index in [9.17, 15) is 8.78 Å². The van der Waals surface area contributed by atoms with E-state index in [0.29, 0.717) is 6.61 Å². The van der Waals surface area contributed by atoms with E-state index in [4.69, 9.17) is 4.74 Å². The average Bonchev–Trinajstić information content (AvgIpc) is 2.43. The summed E-state index contributed by atoms with van der Waals surface area (Å²) in [5.41, 5.74) is 0.778. The quantitative estimate of drug-likeness (QED) is 0.886. The van der Waals surface area contributed by atoms with Gasteiger partial charge in [-0.1, -0.05) is 36.4 Å². The van der Waals surface area contributed by atoms with Gasteiger partial charge < -0.3 is 10.1 Å². The first-order valence-electron chi connectivity index (χ1n) is 5.97. The molecule has 100 valence electrons. The zero-order chi connectivity index (χ0) is 13.7. The topological polar surface area (TPSA) is 21.3 Å². The molecule has 0 heterocycles. The fourth-order valence-electron chi connectivity index (χ4n) is 1.88. The molecule has 0 saturated carbocycles. The maximum absolute atomic E-state index is 13.6. The minimum atomic E-state index is -0.614. The number of para-hydroxylation sites is 1. The molecule has 2 aromatic carbocycles. The van der Waals surface area contributed by atoms with Crippen LogP contribution >= 0.6 is 0 Å². The molecule has 2 rings (SSSR count). The summed E-state index contributed by atoms with van der Waals surface area (Å²) < 4.78 is 32.3. The lowest BCUT2D eigenvalue weighted by molar-refractivity contribution is 0.186. The maximum Gasteiger partial charge on any atom is 0.149 e. The van der Waals surface area contributed by atoms with Crippen molar-refractivity contribution in [2.24, 2.45) is 0 Å². The number of ether oxygens (including phenoxy) is 1. The molecule has 2 aromatic rings. The van der Waals surface area contributed by atoms with Crippen LogP contribution in [0.1, 0.15) is 11.6 Å². The fraction of sp³-hybridized carbons (Fsp3) is 0.200. The lowest BCUT2D eigenvalue weighted by atomic mass is 10.1. The van der Waals surface area contributed by atoms with Crippen molar-refractivity contribution in [3.8, 4) is 0 Å². The molecular weight excluding hydrogens is 248 g/mol. The molecule has 19 heavy (non-hydrogen) atoms. The van der Waals surface area contributed by atoms with E-state index < -0.39 is 11.6 Å². The monoisotopic (exact) mass is 263 g/mol. The van der Waals surface area contributed by atoms with Crippen LogP contribution in [0, 0.1) is 11.6 Å². The highest BCUT2D eigenvalue weighted by molar-refractivity contribution is 5.48. The fourth-order valence-corrected chi connectivity index (χ4v) is 1.88. The third kappa shape index (κ3) is 3.29. The van der Waals surface area contributed by atoms with Crippen LogP contribution in [0.3, 0.4) is 0 Å². The summed E-state index contributed by atoms with van der Waals surface area (Å²) >= 11 is 0.